The van der Waals surface area contributed by atoms with Gasteiger partial charge in [0.15, 0.2) is 0 Å². The van der Waals surface area contributed by atoms with Crippen molar-refractivity contribution < 1.29 is 9.59 Å². The SMILES string of the molecule is CC(O)C[N+](C)(C)C.CCCCC(C)CC. The average Bonchev–Trinajstić information content (AvgIpc) is 2.11. The van der Waals surface area contributed by atoms with Gasteiger partial charge in [0.05, 0.1) is 21.1 Å². The van der Waals surface area contributed by atoms with Crippen molar-refractivity contribution in [1.29, 1.82) is 0 Å². The van der Waals surface area contributed by atoms with Crippen LogP contribution in [0.4, 0.5) is 0 Å². The molecule has 0 rings (SSSR count). The molecule has 1 N–H and O–H groups in total. The van der Waals surface area contributed by atoms with Gasteiger partial charge in [0.25, 0.3) is 0 Å². The maximum absolute atomic E-state index is 8.87. The molecule has 0 aromatic heterocycles. The number of nitrogens with zero attached hydrogens (tertiary/aromatic N) is 1. The summed E-state index contributed by atoms with van der Waals surface area (Å²) in [5.74, 6) is 0.954. The van der Waals surface area contributed by atoms with E-state index in [2.05, 4.69) is 41.9 Å². The van der Waals surface area contributed by atoms with Crippen LogP contribution in [-0.2, 0) is 0 Å². The normalized spacial score (nSPS) is 15.0. The van der Waals surface area contributed by atoms with Gasteiger partial charge in [0, 0.05) is 0 Å². The van der Waals surface area contributed by atoms with E-state index >= 15 is 0 Å². The van der Waals surface area contributed by atoms with Crippen molar-refractivity contribution in [2.75, 3.05) is 27.7 Å². The first-order valence-electron chi connectivity index (χ1n) is 6.71. The zero-order valence-corrected chi connectivity index (χ0v) is 12.6. The summed E-state index contributed by atoms with van der Waals surface area (Å²) in [4.78, 5) is 0. The molecule has 0 radical (unpaired) electrons. The van der Waals surface area contributed by atoms with Crippen LogP contribution in [0.15, 0.2) is 0 Å². The van der Waals surface area contributed by atoms with E-state index in [1.54, 1.807) is 0 Å². The highest BCUT2D eigenvalue weighted by molar-refractivity contribution is 4.47. The molecule has 0 aliphatic carbocycles. The Labute approximate surface area is 103 Å². The minimum atomic E-state index is -0.185. The maximum atomic E-state index is 8.87. The molecule has 16 heavy (non-hydrogen) atoms. The van der Waals surface area contributed by atoms with Crippen molar-refractivity contribution in [3.05, 3.63) is 0 Å². The van der Waals surface area contributed by atoms with Crippen LogP contribution < -0.4 is 0 Å². The lowest BCUT2D eigenvalue weighted by molar-refractivity contribution is -0.873. The zero-order valence-electron chi connectivity index (χ0n) is 12.6. The van der Waals surface area contributed by atoms with Crippen molar-refractivity contribution in [3.63, 3.8) is 0 Å². The number of hydrogen-bond acceptors (Lipinski definition) is 1. The Kier molecular flexibility index (Phi) is 11.5. The second-order valence-corrected chi connectivity index (χ2v) is 5.98. The molecule has 0 aromatic carbocycles. The number of rotatable bonds is 6. The second-order valence-electron chi connectivity index (χ2n) is 5.98. The third-order valence-corrected chi connectivity index (χ3v) is 2.56. The van der Waals surface area contributed by atoms with Gasteiger partial charge in [-0.1, -0.05) is 46.5 Å². The standard InChI is InChI=1S/C8H18.C6H16NO/c1-4-6-7-8(3)5-2;1-6(8)5-7(2,3)4/h8H,4-7H2,1-3H3;6,8H,5H2,1-4H3/q;+1. The fraction of sp³-hybridized carbons (Fsp3) is 1.00. The molecule has 0 saturated carbocycles. The Balaban J connectivity index is 0. The highest BCUT2D eigenvalue weighted by atomic mass is 16.3. The predicted octanol–water partition coefficient (Wildman–Crippen LogP) is 3.30. The topological polar surface area (TPSA) is 20.2 Å². The van der Waals surface area contributed by atoms with Gasteiger partial charge in [-0.15, -0.1) is 0 Å². The van der Waals surface area contributed by atoms with Crippen LogP contribution in [0.25, 0.3) is 0 Å². The summed E-state index contributed by atoms with van der Waals surface area (Å²) < 4.78 is 0.831. The molecule has 2 nitrogen and oxygen atoms in total. The third-order valence-electron chi connectivity index (χ3n) is 2.56. The number of quaternary nitrogens is 1. The lowest BCUT2D eigenvalue weighted by Gasteiger charge is -2.24. The fourth-order valence-corrected chi connectivity index (χ4v) is 1.55. The van der Waals surface area contributed by atoms with Gasteiger partial charge in [-0.25, -0.2) is 0 Å². The molecular weight excluding hydrogens is 198 g/mol. The molecular formula is C14H34NO+. The molecule has 0 amide bonds. The summed E-state index contributed by atoms with van der Waals surface area (Å²) in [5, 5.41) is 8.87. The van der Waals surface area contributed by atoms with Crippen LogP contribution in [0.2, 0.25) is 0 Å². The van der Waals surface area contributed by atoms with E-state index in [4.69, 9.17) is 5.11 Å². The Morgan fingerprint density at radius 1 is 1.06 bits per heavy atom. The van der Waals surface area contributed by atoms with Crippen molar-refractivity contribution >= 4 is 0 Å². The molecule has 0 heterocycles. The van der Waals surface area contributed by atoms with Crippen LogP contribution in [0, 0.1) is 5.92 Å². The summed E-state index contributed by atoms with van der Waals surface area (Å²) in [5.41, 5.74) is 0. The van der Waals surface area contributed by atoms with Crippen molar-refractivity contribution in [3.8, 4) is 0 Å². The van der Waals surface area contributed by atoms with Gasteiger partial charge in [-0.3, -0.25) is 0 Å². The molecule has 0 aliphatic heterocycles. The predicted molar refractivity (Wildman–Crippen MR) is 73.6 cm³/mol. The van der Waals surface area contributed by atoms with E-state index in [0.717, 1.165) is 16.9 Å². The number of aliphatic hydroxyl groups excluding tert-OH is 1. The van der Waals surface area contributed by atoms with E-state index in [0.29, 0.717) is 0 Å². The summed E-state index contributed by atoms with van der Waals surface area (Å²) >= 11 is 0. The number of likely N-dealkylation sites (N-methyl/N-ethyl adjacent to an activating group) is 1. The van der Waals surface area contributed by atoms with Crippen LogP contribution >= 0.6 is 0 Å². The molecule has 0 aliphatic rings. The Hall–Kier alpha value is -0.0800. The highest BCUT2D eigenvalue weighted by Gasteiger charge is 2.09. The van der Waals surface area contributed by atoms with Crippen LogP contribution in [-0.4, -0.2) is 43.4 Å². The van der Waals surface area contributed by atoms with Crippen LogP contribution in [0.3, 0.4) is 0 Å². The summed E-state index contributed by atoms with van der Waals surface area (Å²) in [7, 11) is 6.19. The van der Waals surface area contributed by atoms with Crippen molar-refractivity contribution in [2.45, 2.75) is 59.5 Å². The second kappa shape index (κ2) is 10.1. The van der Waals surface area contributed by atoms with Gasteiger partial charge in [0.2, 0.25) is 0 Å². The molecule has 0 saturated heterocycles. The highest BCUT2D eigenvalue weighted by Crippen LogP contribution is 2.09. The van der Waals surface area contributed by atoms with E-state index in [1.807, 2.05) is 6.92 Å². The molecule has 0 fully saturated rings. The van der Waals surface area contributed by atoms with E-state index in [1.165, 1.54) is 25.7 Å². The molecule has 0 bridgehead atoms. The van der Waals surface area contributed by atoms with E-state index in [-0.39, 0.29) is 6.10 Å². The molecule has 2 heteroatoms. The molecule has 100 valence electrons. The van der Waals surface area contributed by atoms with Crippen LogP contribution in [0.1, 0.15) is 53.4 Å². The summed E-state index contributed by atoms with van der Waals surface area (Å²) in [6.07, 6.45) is 5.35. The number of hydrogen-bond donors (Lipinski definition) is 1. The lowest BCUT2D eigenvalue weighted by Crippen LogP contribution is -2.40. The zero-order chi connectivity index (χ0) is 13.2. The first-order valence-corrected chi connectivity index (χ1v) is 6.71. The van der Waals surface area contributed by atoms with Gasteiger partial charge >= 0.3 is 0 Å². The largest absolute Gasteiger partial charge is 0.388 e. The van der Waals surface area contributed by atoms with Gasteiger partial charge in [-0.05, 0) is 12.8 Å². The third kappa shape index (κ3) is 19.5. The van der Waals surface area contributed by atoms with Gasteiger partial charge < -0.3 is 9.59 Å². The fourth-order valence-electron chi connectivity index (χ4n) is 1.55. The average molecular weight is 232 g/mol. The smallest absolute Gasteiger partial charge is 0.104 e. The van der Waals surface area contributed by atoms with E-state index < -0.39 is 0 Å². The summed E-state index contributed by atoms with van der Waals surface area (Å²) in [6.45, 7) is 9.47. The van der Waals surface area contributed by atoms with E-state index in [9.17, 15) is 0 Å². The van der Waals surface area contributed by atoms with Crippen molar-refractivity contribution in [2.24, 2.45) is 5.92 Å². The Bertz CT molecular complexity index is 138. The monoisotopic (exact) mass is 232 g/mol. The Morgan fingerprint density at radius 3 is 1.75 bits per heavy atom. The molecule has 2 unspecified atom stereocenters. The molecule has 2 atom stereocenters. The first-order chi connectivity index (χ1) is 7.22. The number of unbranched alkanes of at least 4 members (excludes halogenated alkanes) is 1. The molecule has 0 aromatic rings. The minimum absolute atomic E-state index is 0.185. The maximum Gasteiger partial charge on any atom is 0.104 e. The Morgan fingerprint density at radius 2 is 1.56 bits per heavy atom. The van der Waals surface area contributed by atoms with Crippen molar-refractivity contribution in [1.82, 2.24) is 0 Å². The quantitative estimate of drug-likeness (QED) is 0.697. The molecule has 0 spiro atoms. The first kappa shape index (κ1) is 18.3. The number of aliphatic hydroxyl groups is 1. The lowest BCUT2D eigenvalue weighted by atomic mass is 10.0. The van der Waals surface area contributed by atoms with Crippen LogP contribution in [0.5, 0.6) is 0 Å². The van der Waals surface area contributed by atoms with Gasteiger partial charge in [0.1, 0.15) is 12.6 Å². The van der Waals surface area contributed by atoms with Gasteiger partial charge in [-0.2, -0.15) is 0 Å². The summed E-state index contributed by atoms with van der Waals surface area (Å²) in [6, 6.07) is 0. The minimum Gasteiger partial charge on any atom is -0.388 e.